The molecule has 0 fully saturated rings. The van der Waals surface area contributed by atoms with Crippen molar-refractivity contribution in [1.29, 1.82) is 0 Å². The van der Waals surface area contributed by atoms with Gasteiger partial charge < -0.3 is 9.84 Å². The molecule has 0 unspecified atom stereocenters. The van der Waals surface area contributed by atoms with E-state index >= 15 is 0 Å². The first kappa shape index (κ1) is 15.9. The predicted octanol–water partition coefficient (Wildman–Crippen LogP) is 2.69. The van der Waals surface area contributed by atoms with E-state index in [1.807, 2.05) is 0 Å². The Morgan fingerprint density at radius 1 is 1.45 bits per heavy atom. The molecular formula is C14H20N2O4. The largest absolute Gasteiger partial charge is 0.481 e. The number of ether oxygens (including phenoxy) is 1. The van der Waals surface area contributed by atoms with E-state index in [-0.39, 0.29) is 6.42 Å². The fraction of sp³-hybridized carbons (Fsp3) is 0.500. The van der Waals surface area contributed by atoms with E-state index in [1.54, 1.807) is 46.0 Å². The Morgan fingerprint density at radius 2 is 2.10 bits per heavy atom. The van der Waals surface area contributed by atoms with Crippen molar-refractivity contribution in [3.63, 3.8) is 0 Å². The van der Waals surface area contributed by atoms with Gasteiger partial charge in [0.15, 0.2) is 0 Å². The van der Waals surface area contributed by atoms with Gasteiger partial charge in [0.25, 0.3) is 0 Å². The van der Waals surface area contributed by atoms with Crippen LogP contribution in [0.3, 0.4) is 0 Å². The number of carbonyl (C=O) groups is 2. The van der Waals surface area contributed by atoms with Crippen LogP contribution in [0.25, 0.3) is 0 Å². The van der Waals surface area contributed by atoms with Crippen molar-refractivity contribution in [2.45, 2.75) is 45.8 Å². The molecule has 1 heterocycles. The molecule has 1 N–H and O–H groups in total. The third kappa shape index (κ3) is 4.87. The second-order valence-corrected chi connectivity index (χ2v) is 5.51. The summed E-state index contributed by atoms with van der Waals surface area (Å²) < 4.78 is 5.32. The van der Waals surface area contributed by atoms with Crippen molar-refractivity contribution >= 4 is 17.7 Å². The minimum Gasteiger partial charge on any atom is -0.481 e. The maximum absolute atomic E-state index is 12.3. The van der Waals surface area contributed by atoms with Crippen molar-refractivity contribution < 1.29 is 19.4 Å². The summed E-state index contributed by atoms with van der Waals surface area (Å²) in [5.41, 5.74) is -0.143. The summed E-state index contributed by atoms with van der Waals surface area (Å²) in [5, 5.41) is 8.90. The summed E-state index contributed by atoms with van der Waals surface area (Å²) in [7, 11) is 0. The quantitative estimate of drug-likeness (QED) is 0.917. The van der Waals surface area contributed by atoms with E-state index in [9.17, 15) is 9.59 Å². The molecule has 0 saturated heterocycles. The molecule has 20 heavy (non-hydrogen) atoms. The Hall–Kier alpha value is -2.11. The number of hydrogen-bond acceptors (Lipinski definition) is 4. The van der Waals surface area contributed by atoms with Crippen LogP contribution in [-0.2, 0) is 9.53 Å². The van der Waals surface area contributed by atoms with Gasteiger partial charge in [-0.25, -0.2) is 4.79 Å². The molecule has 6 heteroatoms. The fourth-order valence-electron chi connectivity index (χ4n) is 1.69. The first-order chi connectivity index (χ1) is 9.20. The zero-order valence-electron chi connectivity index (χ0n) is 12.2. The van der Waals surface area contributed by atoms with Crippen molar-refractivity contribution in [2.75, 3.05) is 4.90 Å². The van der Waals surface area contributed by atoms with E-state index in [1.165, 1.54) is 11.1 Å². The molecule has 0 spiro atoms. The normalized spacial score (nSPS) is 12.6. The molecule has 0 radical (unpaired) electrons. The van der Waals surface area contributed by atoms with E-state index in [2.05, 4.69) is 4.98 Å². The van der Waals surface area contributed by atoms with Gasteiger partial charge in [0.2, 0.25) is 0 Å². The van der Waals surface area contributed by atoms with Gasteiger partial charge in [-0.1, -0.05) is 0 Å². The molecule has 110 valence electrons. The summed E-state index contributed by atoms with van der Waals surface area (Å²) >= 11 is 0. The zero-order chi connectivity index (χ0) is 15.3. The lowest BCUT2D eigenvalue weighted by molar-refractivity contribution is -0.137. The molecule has 1 rings (SSSR count). The van der Waals surface area contributed by atoms with Crippen LogP contribution >= 0.6 is 0 Å². The number of nitrogens with zero attached hydrogens (tertiary/aromatic N) is 2. The fourth-order valence-corrected chi connectivity index (χ4v) is 1.69. The third-order valence-electron chi connectivity index (χ3n) is 2.43. The van der Waals surface area contributed by atoms with Crippen LogP contribution in [0.5, 0.6) is 0 Å². The second kappa shape index (κ2) is 6.36. The van der Waals surface area contributed by atoms with Gasteiger partial charge in [-0.15, -0.1) is 0 Å². The average Bonchev–Trinajstić information content (AvgIpc) is 2.26. The number of rotatable bonds is 4. The summed E-state index contributed by atoms with van der Waals surface area (Å²) in [6.45, 7) is 6.93. The van der Waals surface area contributed by atoms with Crippen molar-refractivity contribution in [2.24, 2.45) is 0 Å². The van der Waals surface area contributed by atoms with Crippen LogP contribution in [0.4, 0.5) is 10.5 Å². The molecule has 0 aromatic carbocycles. The number of carboxylic acid groups (broad SMARTS) is 1. The standard InChI is InChI=1S/C14H20N2O4/c1-10(8-12(17)18)16(11-6-5-7-15-9-11)13(19)20-14(2,3)4/h5-7,9-10H,8H2,1-4H3,(H,17,18)/t10-/m0/s1. The Morgan fingerprint density at radius 3 is 2.55 bits per heavy atom. The zero-order valence-corrected chi connectivity index (χ0v) is 12.2. The molecule has 6 nitrogen and oxygen atoms in total. The van der Waals surface area contributed by atoms with Gasteiger partial charge in [-0.2, -0.15) is 0 Å². The van der Waals surface area contributed by atoms with E-state index in [4.69, 9.17) is 9.84 Å². The Balaban J connectivity index is 3.02. The average molecular weight is 280 g/mol. The lowest BCUT2D eigenvalue weighted by Crippen LogP contribution is -2.43. The minimum absolute atomic E-state index is 0.172. The van der Waals surface area contributed by atoms with Crippen molar-refractivity contribution in [3.05, 3.63) is 24.5 Å². The monoisotopic (exact) mass is 280 g/mol. The third-order valence-corrected chi connectivity index (χ3v) is 2.43. The van der Waals surface area contributed by atoms with E-state index in [0.29, 0.717) is 5.69 Å². The van der Waals surface area contributed by atoms with Crippen LogP contribution in [-0.4, -0.2) is 33.8 Å². The summed E-state index contributed by atoms with van der Waals surface area (Å²) in [4.78, 5) is 28.4. The van der Waals surface area contributed by atoms with Gasteiger partial charge in [0, 0.05) is 12.2 Å². The maximum Gasteiger partial charge on any atom is 0.415 e. The summed E-state index contributed by atoms with van der Waals surface area (Å²) in [5.74, 6) is -0.977. The number of aromatic nitrogens is 1. The van der Waals surface area contributed by atoms with Crippen LogP contribution in [0, 0.1) is 0 Å². The van der Waals surface area contributed by atoms with Gasteiger partial charge in [0.05, 0.1) is 18.3 Å². The topological polar surface area (TPSA) is 79.7 Å². The number of carboxylic acids is 1. The number of aliphatic carboxylic acids is 1. The van der Waals surface area contributed by atoms with Crippen LogP contribution in [0.15, 0.2) is 24.5 Å². The van der Waals surface area contributed by atoms with Crippen LogP contribution in [0.2, 0.25) is 0 Å². The first-order valence-electron chi connectivity index (χ1n) is 6.35. The van der Waals surface area contributed by atoms with Gasteiger partial charge in [-0.05, 0) is 39.8 Å². The SMILES string of the molecule is C[C@@H](CC(=O)O)N(C(=O)OC(C)(C)C)c1cccnc1. The highest BCUT2D eigenvalue weighted by Gasteiger charge is 2.28. The van der Waals surface area contributed by atoms with Crippen LogP contribution in [0.1, 0.15) is 34.1 Å². The number of carbonyl (C=O) groups excluding carboxylic acids is 1. The highest BCUT2D eigenvalue weighted by molar-refractivity contribution is 5.89. The Labute approximate surface area is 118 Å². The van der Waals surface area contributed by atoms with Crippen molar-refractivity contribution in [1.82, 2.24) is 4.98 Å². The number of anilines is 1. The molecule has 0 aliphatic rings. The van der Waals surface area contributed by atoms with Crippen molar-refractivity contribution in [3.8, 4) is 0 Å². The highest BCUT2D eigenvalue weighted by atomic mass is 16.6. The summed E-state index contributed by atoms with van der Waals surface area (Å²) in [6.07, 6.45) is 2.33. The highest BCUT2D eigenvalue weighted by Crippen LogP contribution is 2.21. The molecule has 1 atom stereocenters. The molecular weight excluding hydrogens is 260 g/mol. The van der Waals surface area contributed by atoms with Crippen LogP contribution < -0.4 is 4.90 Å². The Bertz CT molecular complexity index is 468. The molecule has 1 aromatic rings. The summed E-state index contributed by atoms with van der Waals surface area (Å²) in [6, 6.07) is 2.83. The molecule has 0 aliphatic carbocycles. The number of pyridine rings is 1. The first-order valence-corrected chi connectivity index (χ1v) is 6.35. The predicted molar refractivity (Wildman–Crippen MR) is 74.7 cm³/mol. The maximum atomic E-state index is 12.3. The molecule has 0 aliphatic heterocycles. The second-order valence-electron chi connectivity index (χ2n) is 5.51. The molecule has 1 aromatic heterocycles. The lowest BCUT2D eigenvalue weighted by Gasteiger charge is -2.30. The minimum atomic E-state index is -0.977. The van der Waals surface area contributed by atoms with Gasteiger partial charge in [-0.3, -0.25) is 14.7 Å². The van der Waals surface area contributed by atoms with E-state index < -0.39 is 23.7 Å². The molecule has 1 amide bonds. The van der Waals surface area contributed by atoms with Gasteiger partial charge in [0.1, 0.15) is 5.60 Å². The lowest BCUT2D eigenvalue weighted by atomic mass is 10.2. The Kier molecular flexibility index (Phi) is 5.07. The number of amides is 1. The smallest absolute Gasteiger partial charge is 0.415 e. The molecule has 0 bridgehead atoms. The van der Waals surface area contributed by atoms with Gasteiger partial charge >= 0.3 is 12.1 Å². The molecule has 0 saturated carbocycles. The number of hydrogen-bond donors (Lipinski definition) is 1. The van der Waals surface area contributed by atoms with E-state index in [0.717, 1.165) is 0 Å².